The summed E-state index contributed by atoms with van der Waals surface area (Å²) in [6.07, 6.45) is 3.98. The third-order valence-corrected chi connectivity index (χ3v) is 3.28. The summed E-state index contributed by atoms with van der Waals surface area (Å²) in [5, 5.41) is 6.43. The fraction of sp³-hybridized carbons (Fsp3) is 0.267. The van der Waals surface area contributed by atoms with E-state index in [1.807, 2.05) is 13.0 Å². The minimum absolute atomic E-state index is 0.267. The number of nitrogens with one attached hydrogen (secondary N) is 2. The maximum Gasteiger partial charge on any atom is 0.258 e. The predicted octanol–water partition coefficient (Wildman–Crippen LogP) is 3.51. The van der Waals surface area contributed by atoms with E-state index in [-0.39, 0.29) is 5.91 Å². The molecule has 2 N–H and O–H groups in total. The van der Waals surface area contributed by atoms with Crippen molar-refractivity contribution in [2.45, 2.75) is 20.3 Å². The third-order valence-electron chi connectivity index (χ3n) is 2.88. The molecule has 0 unspecified atom stereocenters. The number of amides is 1. The Morgan fingerprint density at radius 1 is 1.29 bits per heavy atom. The summed E-state index contributed by atoms with van der Waals surface area (Å²) < 4.78 is 0. The number of rotatable bonds is 5. The molecule has 0 aliphatic heterocycles. The van der Waals surface area contributed by atoms with Gasteiger partial charge in [0, 0.05) is 29.6 Å². The number of anilines is 2. The Kier molecular flexibility index (Phi) is 5.11. The molecule has 2 aromatic rings. The number of nitrogens with zero attached hydrogens (tertiary/aromatic N) is 2. The Labute approximate surface area is 128 Å². The highest BCUT2D eigenvalue weighted by Gasteiger charge is 2.08. The number of hydrogen-bond acceptors (Lipinski definition) is 4. The molecule has 0 aliphatic rings. The molecule has 5 nitrogen and oxygen atoms in total. The number of carbonyl (C=O) groups excluding carboxylic acids is 1. The second-order valence-corrected chi connectivity index (χ2v) is 5.05. The molecule has 0 saturated heterocycles. The molecule has 1 aromatic carbocycles. The van der Waals surface area contributed by atoms with Crippen LogP contribution in [0.5, 0.6) is 0 Å². The van der Waals surface area contributed by atoms with Crippen molar-refractivity contribution in [3.8, 4) is 0 Å². The lowest BCUT2D eigenvalue weighted by molar-refractivity contribution is 0.102. The summed E-state index contributed by atoms with van der Waals surface area (Å²) in [7, 11) is 0. The molecule has 0 atom stereocenters. The van der Waals surface area contributed by atoms with Crippen molar-refractivity contribution in [2.75, 3.05) is 17.2 Å². The largest absolute Gasteiger partial charge is 0.354 e. The van der Waals surface area contributed by atoms with E-state index in [4.69, 9.17) is 11.6 Å². The Morgan fingerprint density at radius 3 is 2.62 bits per heavy atom. The summed E-state index contributed by atoms with van der Waals surface area (Å²) in [5.74, 6) is 0.253. The van der Waals surface area contributed by atoms with Gasteiger partial charge in [0.2, 0.25) is 5.95 Å². The first-order valence-corrected chi connectivity index (χ1v) is 7.11. The van der Waals surface area contributed by atoms with Gasteiger partial charge in [0.1, 0.15) is 0 Å². The first-order valence-electron chi connectivity index (χ1n) is 6.73. The number of aryl methyl sites for hydroxylation is 1. The second kappa shape index (κ2) is 7.04. The fourth-order valence-electron chi connectivity index (χ4n) is 1.65. The van der Waals surface area contributed by atoms with Gasteiger partial charge >= 0.3 is 0 Å². The van der Waals surface area contributed by atoms with Crippen LogP contribution in [0.3, 0.4) is 0 Å². The van der Waals surface area contributed by atoms with Crippen molar-refractivity contribution in [2.24, 2.45) is 0 Å². The zero-order valence-corrected chi connectivity index (χ0v) is 12.7. The molecule has 2 rings (SSSR count). The van der Waals surface area contributed by atoms with Crippen LogP contribution in [0.25, 0.3) is 0 Å². The fourth-order valence-corrected chi connectivity index (χ4v) is 1.83. The quantitative estimate of drug-likeness (QED) is 0.887. The normalized spacial score (nSPS) is 10.2. The molecule has 110 valence electrons. The summed E-state index contributed by atoms with van der Waals surface area (Å²) in [5.41, 5.74) is 2.00. The van der Waals surface area contributed by atoms with Gasteiger partial charge in [-0.3, -0.25) is 4.79 Å². The molecular weight excluding hydrogens is 288 g/mol. The van der Waals surface area contributed by atoms with Crippen molar-refractivity contribution >= 4 is 29.1 Å². The molecule has 0 bridgehead atoms. The van der Waals surface area contributed by atoms with Gasteiger partial charge < -0.3 is 10.6 Å². The molecule has 0 aliphatic carbocycles. The smallest absolute Gasteiger partial charge is 0.258 e. The number of benzene rings is 1. The molecule has 6 heteroatoms. The average molecular weight is 305 g/mol. The molecule has 1 heterocycles. The highest BCUT2D eigenvalue weighted by molar-refractivity contribution is 6.31. The van der Waals surface area contributed by atoms with Crippen LogP contribution in [0.2, 0.25) is 5.02 Å². The van der Waals surface area contributed by atoms with Gasteiger partial charge in [-0.15, -0.1) is 0 Å². The first-order chi connectivity index (χ1) is 10.1. The van der Waals surface area contributed by atoms with Crippen LogP contribution in [0, 0.1) is 6.92 Å². The molecule has 0 fully saturated rings. The van der Waals surface area contributed by atoms with E-state index in [0.717, 1.165) is 18.5 Å². The zero-order chi connectivity index (χ0) is 15.2. The first kappa shape index (κ1) is 15.3. The van der Waals surface area contributed by atoms with Crippen molar-refractivity contribution in [1.29, 1.82) is 0 Å². The Hall–Kier alpha value is -2.14. The number of carbonyl (C=O) groups is 1. The topological polar surface area (TPSA) is 66.9 Å². The van der Waals surface area contributed by atoms with Crippen LogP contribution in [-0.2, 0) is 0 Å². The van der Waals surface area contributed by atoms with Crippen LogP contribution in [0.15, 0.2) is 30.6 Å². The van der Waals surface area contributed by atoms with E-state index in [0.29, 0.717) is 22.2 Å². The van der Waals surface area contributed by atoms with Gasteiger partial charge in [-0.05, 0) is 31.0 Å². The summed E-state index contributed by atoms with van der Waals surface area (Å²) in [4.78, 5) is 20.3. The van der Waals surface area contributed by atoms with Crippen molar-refractivity contribution < 1.29 is 4.79 Å². The van der Waals surface area contributed by atoms with Crippen LogP contribution in [0.1, 0.15) is 29.3 Å². The number of hydrogen-bond donors (Lipinski definition) is 2. The highest BCUT2D eigenvalue weighted by Crippen LogP contribution is 2.20. The lowest BCUT2D eigenvalue weighted by Gasteiger charge is -2.07. The van der Waals surface area contributed by atoms with Gasteiger partial charge in [0.15, 0.2) is 0 Å². The highest BCUT2D eigenvalue weighted by atomic mass is 35.5. The summed E-state index contributed by atoms with van der Waals surface area (Å²) in [6, 6.07) is 5.37. The Bertz CT molecular complexity index is 628. The lowest BCUT2D eigenvalue weighted by Crippen LogP contribution is -2.13. The van der Waals surface area contributed by atoms with E-state index in [1.54, 1.807) is 12.1 Å². The predicted molar refractivity (Wildman–Crippen MR) is 85.0 cm³/mol. The molecular formula is C15H17ClN4O. The van der Waals surface area contributed by atoms with E-state index in [9.17, 15) is 4.79 Å². The SMILES string of the molecule is CCCNc1ncc(C(=O)Nc2ccc(C)c(Cl)c2)cn1. The standard InChI is InChI=1S/C15H17ClN4O/c1-3-6-17-15-18-8-11(9-19-15)14(21)20-12-5-4-10(2)13(16)7-12/h4-5,7-9H,3,6H2,1-2H3,(H,20,21)(H,17,18,19). The minimum Gasteiger partial charge on any atom is -0.354 e. The monoisotopic (exact) mass is 304 g/mol. The van der Waals surface area contributed by atoms with Gasteiger partial charge in [-0.1, -0.05) is 24.6 Å². The molecule has 1 aromatic heterocycles. The number of aromatic nitrogens is 2. The summed E-state index contributed by atoms with van der Waals surface area (Å²) in [6.45, 7) is 4.76. The van der Waals surface area contributed by atoms with Gasteiger partial charge in [0.05, 0.1) is 5.56 Å². The Balaban J connectivity index is 2.04. The third kappa shape index (κ3) is 4.16. The van der Waals surface area contributed by atoms with Crippen LogP contribution >= 0.6 is 11.6 Å². The van der Waals surface area contributed by atoms with Crippen molar-refractivity contribution in [1.82, 2.24) is 9.97 Å². The Morgan fingerprint density at radius 2 is 2.00 bits per heavy atom. The molecule has 0 saturated carbocycles. The minimum atomic E-state index is -0.267. The van der Waals surface area contributed by atoms with Crippen LogP contribution in [-0.4, -0.2) is 22.4 Å². The van der Waals surface area contributed by atoms with E-state index < -0.39 is 0 Å². The van der Waals surface area contributed by atoms with Gasteiger partial charge in [0.25, 0.3) is 5.91 Å². The van der Waals surface area contributed by atoms with E-state index in [1.165, 1.54) is 12.4 Å². The summed E-state index contributed by atoms with van der Waals surface area (Å²) >= 11 is 6.03. The maximum atomic E-state index is 12.1. The molecule has 21 heavy (non-hydrogen) atoms. The van der Waals surface area contributed by atoms with Gasteiger partial charge in [-0.25, -0.2) is 9.97 Å². The van der Waals surface area contributed by atoms with E-state index >= 15 is 0 Å². The zero-order valence-electron chi connectivity index (χ0n) is 12.0. The lowest BCUT2D eigenvalue weighted by atomic mass is 10.2. The van der Waals surface area contributed by atoms with Crippen LogP contribution < -0.4 is 10.6 Å². The second-order valence-electron chi connectivity index (χ2n) is 4.64. The van der Waals surface area contributed by atoms with Crippen molar-refractivity contribution in [3.05, 3.63) is 46.7 Å². The number of halogens is 1. The molecule has 0 spiro atoms. The molecule has 0 radical (unpaired) electrons. The van der Waals surface area contributed by atoms with Crippen LogP contribution in [0.4, 0.5) is 11.6 Å². The molecule has 1 amide bonds. The van der Waals surface area contributed by atoms with Gasteiger partial charge in [-0.2, -0.15) is 0 Å². The van der Waals surface area contributed by atoms with E-state index in [2.05, 4.69) is 27.5 Å². The maximum absolute atomic E-state index is 12.1. The van der Waals surface area contributed by atoms with Crippen molar-refractivity contribution in [3.63, 3.8) is 0 Å². The average Bonchev–Trinajstić information content (AvgIpc) is 2.49.